The number of carboxylic acids is 1. The fraction of sp³-hybridized carbons (Fsp3) is 0.467. The predicted molar refractivity (Wildman–Crippen MR) is 69.8 cm³/mol. The third kappa shape index (κ3) is 2.23. The zero-order valence-corrected chi connectivity index (χ0v) is 10.9. The van der Waals surface area contributed by atoms with E-state index in [1.54, 1.807) is 6.92 Å². The summed E-state index contributed by atoms with van der Waals surface area (Å²) in [5, 5.41) is 8.94. The normalized spacial score (nSPS) is 19.4. The molecule has 1 unspecified atom stereocenters. The van der Waals surface area contributed by atoms with E-state index in [1.807, 2.05) is 23.1 Å². The van der Waals surface area contributed by atoms with Crippen LogP contribution in [0.1, 0.15) is 41.3 Å². The van der Waals surface area contributed by atoms with E-state index in [0.717, 1.165) is 29.5 Å². The molecule has 2 aliphatic rings. The Bertz CT molecular complexity index is 548. The van der Waals surface area contributed by atoms with Gasteiger partial charge in [0.25, 0.3) is 5.91 Å². The fourth-order valence-electron chi connectivity index (χ4n) is 2.62. The maximum absolute atomic E-state index is 12.3. The van der Waals surface area contributed by atoms with E-state index in [2.05, 4.69) is 0 Å². The molecular formula is C15H17NO3. The summed E-state index contributed by atoms with van der Waals surface area (Å²) >= 11 is 0. The summed E-state index contributed by atoms with van der Waals surface area (Å²) in [6.45, 7) is 2.40. The Balaban J connectivity index is 1.81. The quantitative estimate of drug-likeness (QED) is 0.900. The van der Waals surface area contributed by atoms with Gasteiger partial charge in [-0.05, 0) is 36.5 Å². The topological polar surface area (TPSA) is 57.6 Å². The highest BCUT2D eigenvalue weighted by molar-refractivity contribution is 5.98. The molecule has 1 atom stereocenters. The van der Waals surface area contributed by atoms with Crippen molar-refractivity contribution in [1.82, 2.24) is 4.90 Å². The maximum atomic E-state index is 12.3. The van der Waals surface area contributed by atoms with Crippen LogP contribution in [0.5, 0.6) is 0 Å². The van der Waals surface area contributed by atoms with Crippen LogP contribution in [-0.2, 0) is 17.8 Å². The van der Waals surface area contributed by atoms with Gasteiger partial charge in [-0.15, -0.1) is 0 Å². The Morgan fingerprint density at radius 2 is 2.21 bits per heavy atom. The number of hydrogen-bond donors (Lipinski definition) is 1. The summed E-state index contributed by atoms with van der Waals surface area (Å²) in [6.07, 6.45) is 2.70. The first-order valence-electron chi connectivity index (χ1n) is 6.72. The van der Waals surface area contributed by atoms with Gasteiger partial charge in [-0.3, -0.25) is 9.59 Å². The molecule has 0 saturated heterocycles. The molecular weight excluding hydrogens is 242 g/mol. The van der Waals surface area contributed by atoms with E-state index >= 15 is 0 Å². The monoisotopic (exact) mass is 259 g/mol. The molecule has 0 spiro atoms. The van der Waals surface area contributed by atoms with Crippen molar-refractivity contribution >= 4 is 11.9 Å². The molecule has 0 bridgehead atoms. The first-order chi connectivity index (χ1) is 9.06. The summed E-state index contributed by atoms with van der Waals surface area (Å²) in [6, 6.07) is 6.22. The van der Waals surface area contributed by atoms with Gasteiger partial charge in [0.05, 0.1) is 5.92 Å². The lowest BCUT2D eigenvalue weighted by atomic mass is 9.98. The lowest BCUT2D eigenvalue weighted by molar-refractivity contribution is -0.141. The Hall–Kier alpha value is -1.84. The lowest BCUT2D eigenvalue weighted by Gasteiger charge is -2.13. The number of amides is 1. The summed E-state index contributed by atoms with van der Waals surface area (Å²) < 4.78 is 0. The Morgan fingerprint density at radius 1 is 1.47 bits per heavy atom. The van der Waals surface area contributed by atoms with Gasteiger partial charge in [0, 0.05) is 18.2 Å². The molecule has 4 nitrogen and oxygen atoms in total. The van der Waals surface area contributed by atoms with Crippen LogP contribution < -0.4 is 0 Å². The molecule has 19 heavy (non-hydrogen) atoms. The van der Waals surface area contributed by atoms with Crippen molar-refractivity contribution in [3.63, 3.8) is 0 Å². The van der Waals surface area contributed by atoms with Crippen molar-refractivity contribution < 1.29 is 14.7 Å². The summed E-state index contributed by atoms with van der Waals surface area (Å²) in [4.78, 5) is 25.1. The standard InChI is InChI=1S/C15H17NO3/c1-9(15(18)19)6-10-2-3-11-8-16(12-4-5-12)14(17)13(11)7-10/h2-3,7,9,12H,4-6,8H2,1H3,(H,18,19). The predicted octanol–water partition coefficient (Wildman–Crippen LogP) is 2.07. The van der Waals surface area contributed by atoms with Gasteiger partial charge in [-0.1, -0.05) is 19.1 Å². The highest BCUT2D eigenvalue weighted by atomic mass is 16.4. The number of hydrogen-bond acceptors (Lipinski definition) is 2. The van der Waals surface area contributed by atoms with E-state index in [-0.39, 0.29) is 5.91 Å². The Labute approximate surface area is 112 Å². The van der Waals surface area contributed by atoms with Gasteiger partial charge in [-0.25, -0.2) is 0 Å². The van der Waals surface area contributed by atoms with Gasteiger partial charge in [-0.2, -0.15) is 0 Å². The molecule has 1 aromatic rings. The minimum absolute atomic E-state index is 0.113. The highest BCUT2D eigenvalue weighted by Gasteiger charge is 2.38. The molecule has 1 N–H and O–H groups in total. The van der Waals surface area contributed by atoms with E-state index in [9.17, 15) is 9.59 Å². The number of carbonyl (C=O) groups excluding carboxylic acids is 1. The number of fused-ring (bicyclic) bond motifs is 1. The van der Waals surface area contributed by atoms with E-state index in [0.29, 0.717) is 19.0 Å². The molecule has 0 aromatic heterocycles. The van der Waals surface area contributed by atoms with Crippen molar-refractivity contribution in [1.29, 1.82) is 0 Å². The van der Waals surface area contributed by atoms with Crippen LogP contribution in [0.15, 0.2) is 18.2 Å². The summed E-state index contributed by atoms with van der Waals surface area (Å²) in [5.74, 6) is -1.11. The van der Waals surface area contributed by atoms with Crippen LogP contribution in [0.25, 0.3) is 0 Å². The third-order valence-electron chi connectivity index (χ3n) is 3.96. The Kier molecular flexibility index (Phi) is 2.81. The number of rotatable bonds is 4. The molecule has 1 saturated carbocycles. The zero-order chi connectivity index (χ0) is 13.6. The number of nitrogens with zero attached hydrogens (tertiary/aromatic N) is 1. The second-order valence-electron chi connectivity index (χ2n) is 5.60. The molecule has 4 heteroatoms. The minimum atomic E-state index is -0.800. The number of benzene rings is 1. The van der Waals surface area contributed by atoms with Gasteiger partial charge in [0.1, 0.15) is 0 Å². The molecule has 0 radical (unpaired) electrons. The van der Waals surface area contributed by atoms with Crippen LogP contribution in [0.2, 0.25) is 0 Å². The number of carbonyl (C=O) groups is 2. The van der Waals surface area contributed by atoms with E-state index in [1.165, 1.54) is 0 Å². The molecule has 1 heterocycles. The molecule has 1 aliphatic heterocycles. The zero-order valence-electron chi connectivity index (χ0n) is 10.9. The Morgan fingerprint density at radius 3 is 2.84 bits per heavy atom. The summed E-state index contributed by atoms with van der Waals surface area (Å²) in [5.41, 5.74) is 2.77. The van der Waals surface area contributed by atoms with Gasteiger partial charge in [0.15, 0.2) is 0 Å². The molecule has 3 rings (SSSR count). The van der Waals surface area contributed by atoms with Crippen LogP contribution in [-0.4, -0.2) is 27.9 Å². The van der Waals surface area contributed by atoms with Gasteiger partial charge in [0.2, 0.25) is 0 Å². The van der Waals surface area contributed by atoms with Gasteiger partial charge < -0.3 is 10.0 Å². The minimum Gasteiger partial charge on any atom is -0.481 e. The lowest BCUT2D eigenvalue weighted by Crippen LogP contribution is -2.25. The largest absolute Gasteiger partial charge is 0.481 e. The first-order valence-corrected chi connectivity index (χ1v) is 6.72. The number of carboxylic acid groups (broad SMARTS) is 1. The third-order valence-corrected chi connectivity index (χ3v) is 3.96. The van der Waals surface area contributed by atoms with Crippen LogP contribution in [0.4, 0.5) is 0 Å². The van der Waals surface area contributed by atoms with Crippen molar-refractivity contribution in [2.24, 2.45) is 5.92 Å². The molecule has 1 aromatic carbocycles. The van der Waals surface area contributed by atoms with Crippen molar-refractivity contribution in [3.05, 3.63) is 34.9 Å². The second-order valence-corrected chi connectivity index (χ2v) is 5.60. The highest BCUT2D eigenvalue weighted by Crippen LogP contribution is 2.35. The van der Waals surface area contributed by atoms with Crippen molar-refractivity contribution in [2.45, 2.75) is 38.8 Å². The average Bonchev–Trinajstić information content (AvgIpc) is 3.16. The van der Waals surface area contributed by atoms with Crippen molar-refractivity contribution in [3.8, 4) is 0 Å². The fourth-order valence-corrected chi connectivity index (χ4v) is 2.62. The van der Waals surface area contributed by atoms with Gasteiger partial charge >= 0.3 is 5.97 Å². The SMILES string of the molecule is CC(Cc1ccc2c(c1)C(=O)N(C1CC1)C2)C(=O)O. The molecule has 100 valence electrons. The smallest absolute Gasteiger partial charge is 0.306 e. The van der Waals surface area contributed by atoms with Crippen molar-refractivity contribution in [2.75, 3.05) is 0 Å². The molecule has 1 aliphatic carbocycles. The first kappa shape index (κ1) is 12.2. The number of aliphatic carboxylic acids is 1. The van der Waals surface area contributed by atoms with Crippen LogP contribution in [0, 0.1) is 5.92 Å². The van der Waals surface area contributed by atoms with Crippen LogP contribution in [0.3, 0.4) is 0 Å². The van der Waals surface area contributed by atoms with E-state index < -0.39 is 11.9 Å². The second kappa shape index (κ2) is 4.37. The van der Waals surface area contributed by atoms with Crippen LogP contribution >= 0.6 is 0 Å². The molecule has 1 fully saturated rings. The molecule has 1 amide bonds. The average molecular weight is 259 g/mol. The summed E-state index contributed by atoms with van der Waals surface area (Å²) in [7, 11) is 0. The van der Waals surface area contributed by atoms with E-state index in [4.69, 9.17) is 5.11 Å². The maximum Gasteiger partial charge on any atom is 0.306 e.